The molecule has 3 aromatic carbocycles. The number of benzene rings is 3. The van der Waals surface area contributed by atoms with E-state index in [2.05, 4.69) is 29.0 Å². The Morgan fingerprint density at radius 2 is 1.59 bits per heavy atom. The van der Waals surface area contributed by atoms with Crippen molar-refractivity contribution in [3.05, 3.63) is 102 Å². The van der Waals surface area contributed by atoms with Gasteiger partial charge in [-0.2, -0.15) is 0 Å². The summed E-state index contributed by atoms with van der Waals surface area (Å²) in [7, 11) is 1.32. The maximum Gasteiger partial charge on any atom is 0.343 e. The Morgan fingerprint density at radius 3 is 2.24 bits per heavy atom. The fourth-order valence-electron chi connectivity index (χ4n) is 3.72. The fourth-order valence-corrected chi connectivity index (χ4v) is 3.72. The van der Waals surface area contributed by atoms with Gasteiger partial charge < -0.3 is 23.4 Å². The summed E-state index contributed by atoms with van der Waals surface area (Å²) >= 11 is 0. The fraction of sp³-hybridized carbons (Fsp3) is 0.250. The van der Waals surface area contributed by atoms with E-state index in [-0.39, 0.29) is 18.8 Å². The number of rotatable bonds is 11. The van der Waals surface area contributed by atoms with E-state index >= 15 is 0 Å². The Hall–Kier alpha value is -3.61. The Labute approximate surface area is 199 Å². The molecule has 0 bridgehead atoms. The van der Waals surface area contributed by atoms with Crippen molar-refractivity contribution in [3.8, 4) is 5.75 Å². The molecule has 6 nitrogen and oxygen atoms in total. The summed E-state index contributed by atoms with van der Waals surface area (Å²) < 4.78 is 28.2. The van der Waals surface area contributed by atoms with Crippen LogP contribution in [0.25, 0.3) is 11.0 Å². The van der Waals surface area contributed by atoms with Gasteiger partial charge in [-0.05, 0) is 24.1 Å². The highest BCUT2D eigenvalue weighted by Crippen LogP contribution is 2.31. The predicted molar refractivity (Wildman–Crippen MR) is 129 cm³/mol. The third kappa shape index (κ3) is 5.84. The van der Waals surface area contributed by atoms with Crippen molar-refractivity contribution in [2.75, 3.05) is 20.3 Å². The molecule has 0 aliphatic heterocycles. The highest BCUT2D eigenvalue weighted by Gasteiger charge is 2.18. The highest BCUT2D eigenvalue weighted by molar-refractivity contribution is 5.86. The predicted octanol–water partition coefficient (Wildman–Crippen LogP) is 5.70. The molecule has 0 aliphatic carbocycles. The van der Waals surface area contributed by atoms with Crippen LogP contribution in [0.4, 0.5) is 0 Å². The summed E-state index contributed by atoms with van der Waals surface area (Å²) in [4.78, 5) is 11.4. The number of hydrogen-bond acceptors (Lipinski definition) is 6. The second-order valence-electron chi connectivity index (χ2n) is 7.92. The minimum absolute atomic E-state index is 0.137. The molecule has 0 amide bonds. The van der Waals surface area contributed by atoms with Crippen molar-refractivity contribution >= 4 is 16.9 Å². The number of fused-ring (bicyclic) bond motifs is 1. The van der Waals surface area contributed by atoms with Crippen LogP contribution in [0.15, 0.2) is 89.5 Å². The number of carbonyl (C=O) groups excluding carboxylic acids is 1. The summed E-state index contributed by atoms with van der Waals surface area (Å²) in [5, 5.41) is 0.877. The quantitative estimate of drug-likeness (QED) is 0.268. The van der Waals surface area contributed by atoms with E-state index in [1.165, 1.54) is 7.11 Å². The normalized spacial score (nSPS) is 12.1. The van der Waals surface area contributed by atoms with Crippen LogP contribution in [0.3, 0.4) is 0 Å². The van der Waals surface area contributed by atoms with Gasteiger partial charge in [-0.3, -0.25) is 0 Å². The first-order valence-electron chi connectivity index (χ1n) is 11.2. The van der Waals surface area contributed by atoms with Crippen LogP contribution in [-0.2, 0) is 25.6 Å². The van der Waals surface area contributed by atoms with E-state index in [0.717, 1.165) is 22.1 Å². The van der Waals surface area contributed by atoms with Crippen molar-refractivity contribution < 1.29 is 28.2 Å². The second-order valence-corrected chi connectivity index (χ2v) is 7.92. The molecular weight excluding hydrogens is 432 g/mol. The van der Waals surface area contributed by atoms with Gasteiger partial charge in [0.15, 0.2) is 17.9 Å². The van der Waals surface area contributed by atoms with Crippen LogP contribution in [0.1, 0.15) is 29.7 Å². The number of furan rings is 1. The molecule has 0 fully saturated rings. The minimum atomic E-state index is -0.453. The molecule has 1 aromatic heterocycles. The van der Waals surface area contributed by atoms with Gasteiger partial charge in [0.2, 0.25) is 0 Å². The topological polar surface area (TPSA) is 67.1 Å². The van der Waals surface area contributed by atoms with Crippen molar-refractivity contribution in [3.63, 3.8) is 0 Å². The first-order chi connectivity index (χ1) is 16.7. The lowest BCUT2D eigenvalue weighted by Crippen LogP contribution is -2.20. The summed E-state index contributed by atoms with van der Waals surface area (Å²) in [6.45, 7) is 2.61. The zero-order valence-corrected chi connectivity index (χ0v) is 19.3. The third-order valence-electron chi connectivity index (χ3n) is 5.40. The van der Waals surface area contributed by atoms with Crippen molar-refractivity contribution in [1.82, 2.24) is 0 Å². The largest absolute Gasteiger partial charge is 0.478 e. The summed E-state index contributed by atoms with van der Waals surface area (Å²) in [6.07, 6.45) is 1.34. The number of methoxy groups -OCH3 is 1. The maximum absolute atomic E-state index is 11.4. The van der Waals surface area contributed by atoms with E-state index in [0.29, 0.717) is 24.5 Å². The van der Waals surface area contributed by atoms with E-state index in [4.69, 9.17) is 18.6 Å². The number of esters is 1. The van der Waals surface area contributed by atoms with Gasteiger partial charge in [-0.1, -0.05) is 72.8 Å². The van der Waals surface area contributed by atoms with Crippen LogP contribution in [0, 0.1) is 0 Å². The molecule has 1 atom stereocenters. The average Bonchev–Trinajstić information content (AvgIpc) is 3.30. The van der Waals surface area contributed by atoms with Crippen LogP contribution in [-0.4, -0.2) is 32.4 Å². The zero-order chi connectivity index (χ0) is 23.8. The highest BCUT2D eigenvalue weighted by atomic mass is 16.6. The monoisotopic (exact) mass is 460 g/mol. The lowest BCUT2D eigenvalue weighted by molar-refractivity contribution is -0.142. The molecule has 4 rings (SSSR count). The van der Waals surface area contributed by atoms with E-state index in [1.807, 2.05) is 55.5 Å². The Bertz CT molecular complexity index is 1150. The molecule has 0 unspecified atom stereocenters. The van der Waals surface area contributed by atoms with Gasteiger partial charge in [0.25, 0.3) is 0 Å². The van der Waals surface area contributed by atoms with Gasteiger partial charge in [-0.25, -0.2) is 4.79 Å². The lowest BCUT2D eigenvalue weighted by Gasteiger charge is -2.23. The van der Waals surface area contributed by atoms with Gasteiger partial charge >= 0.3 is 5.97 Å². The average molecular weight is 461 g/mol. The van der Waals surface area contributed by atoms with Gasteiger partial charge in [0, 0.05) is 10.9 Å². The van der Waals surface area contributed by atoms with E-state index in [9.17, 15) is 4.79 Å². The third-order valence-corrected chi connectivity index (χ3v) is 5.40. The van der Waals surface area contributed by atoms with E-state index in [1.54, 1.807) is 12.3 Å². The number of carbonyl (C=O) groups is 1. The maximum atomic E-state index is 11.4. The Kier molecular flexibility index (Phi) is 7.96. The first kappa shape index (κ1) is 23.5. The number of hydrogen-bond donors (Lipinski definition) is 0. The van der Waals surface area contributed by atoms with Gasteiger partial charge in [0.1, 0.15) is 6.10 Å². The number of ether oxygens (including phenoxy) is 4. The van der Waals surface area contributed by atoms with Crippen molar-refractivity contribution in [2.24, 2.45) is 0 Å². The molecule has 6 heteroatoms. The number of para-hydroxylation sites is 1. The molecule has 1 heterocycles. The summed E-state index contributed by atoms with van der Waals surface area (Å²) in [5.41, 5.74) is 3.66. The smallest absolute Gasteiger partial charge is 0.343 e. The molecule has 34 heavy (non-hydrogen) atoms. The van der Waals surface area contributed by atoms with Crippen molar-refractivity contribution in [2.45, 2.75) is 25.7 Å². The molecule has 0 spiro atoms. The van der Waals surface area contributed by atoms with Gasteiger partial charge in [-0.15, -0.1) is 0 Å². The van der Waals surface area contributed by atoms with Crippen LogP contribution < -0.4 is 4.74 Å². The molecule has 0 N–H and O–H groups in total. The summed E-state index contributed by atoms with van der Waals surface area (Å²) in [5.74, 6) is 0.0322. The molecule has 176 valence electrons. The molecule has 0 aliphatic rings. The molecule has 0 saturated heterocycles. The summed E-state index contributed by atoms with van der Waals surface area (Å²) in [6, 6.07) is 25.9. The molecule has 4 aromatic rings. The Morgan fingerprint density at radius 1 is 0.912 bits per heavy atom. The Balaban J connectivity index is 1.38. The molecule has 0 saturated carbocycles. The zero-order valence-electron chi connectivity index (χ0n) is 19.3. The van der Waals surface area contributed by atoms with Crippen LogP contribution in [0.2, 0.25) is 0 Å². The molecular formula is C28H28O6. The first-order valence-corrected chi connectivity index (χ1v) is 11.2. The SMILES string of the molecule is COC(=O)COc1cccc2c(COC[C@@H](C)OC(c3ccccc3)c3ccccc3)coc12. The molecule has 0 radical (unpaired) electrons. The standard InChI is InChI=1S/C28H28O6/c1-20(34-27(21-10-5-3-6-11-21)22-12-7-4-8-13-22)16-31-17-23-18-33-28-24(23)14-9-15-25(28)32-19-26(29)30-2/h3-15,18,20,27H,16-17,19H2,1-2H3/t20-/m1/s1. The lowest BCUT2D eigenvalue weighted by atomic mass is 10.0. The van der Waals surface area contributed by atoms with Crippen LogP contribution in [0.5, 0.6) is 5.75 Å². The second kappa shape index (κ2) is 11.5. The van der Waals surface area contributed by atoms with Crippen LogP contribution >= 0.6 is 0 Å². The minimum Gasteiger partial charge on any atom is -0.478 e. The van der Waals surface area contributed by atoms with Gasteiger partial charge in [0.05, 0.1) is 32.7 Å². The van der Waals surface area contributed by atoms with E-state index < -0.39 is 5.97 Å². The van der Waals surface area contributed by atoms with Crippen molar-refractivity contribution in [1.29, 1.82) is 0 Å².